The Hall–Kier alpha value is -1.61. The lowest BCUT2D eigenvalue weighted by Crippen LogP contribution is -1.93. The Morgan fingerprint density at radius 2 is 2.12 bits per heavy atom. The molecule has 0 aliphatic carbocycles. The van der Waals surface area contributed by atoms with Gasteiger partial charge in [0.1, 0.15) is 17.3 Å². The van der Waals surface area contributed by atoms with E-state index in [-0.39, 0.29) is 11.7 Å². The number of nitrogens with zero attached hydrogens (tertiary/aromatic N) is 1. The van der Waals surface area contributed by atoms with Gasteiger partial charge in [0.15, 0.2) is 0 Å². The van der Waals surface area contributed by atoms with Gasteiger partial charge in [0.05, 0.1) is 12.1 Å². The van der Waals surface area contributed by atoms with E-state index in [0.29, 0.717) is 17.1 Å². The summed E-state index contributed by atoms with van der Waals surface area (Å²) in [5.41, 5.74) is 1.25. The molecule has 17 heavy (non-hydrogen) atoms. The van der Waals surface area contributed by atoms with Crippen LogP contribution in [0.15, 0.2) is 36.5 Å². The predicted molar refractivity (Wildman–Crippen MR) is 65.0 cm³/mol. The zero-order chi connectivity index (χ0) is 12.3. The van der Waals surface area contributed by atoms with Gasteiger partial charge in [-0.3, -0.25) is 4.98 Å². The van der Waals surface area contributed by atoms with Gasteiger partial charge < -0.3 is 4.74 Å². The summed E-state index contributed by atoms with van der Waals surface area (Å²) in [5.74, 6) is 0.692. The molecule has 0 atom stereocenters. The summed E-state index contributed by atoms with van der Waals surface area (Å²) >= 11 is 5.69. The molecule has 0 saturated carbocycles. The van der Waals surface area contributed by atoms with E-state index in [1.807, 2.05) is 13.0 Å². The van der Waals surface area contributed by atoms with Crippen molar-refractivity contribution >= 4 is 11.6 Å². The lowest BCUT2D eigenvalue weighted by Gasteiger charge is -2.09. The molecule has 0 fully saturated rings. The second-order valence-electron chi connectivity index (χ2n) is 3.59. The largest absolute Gasteiger partial charge is 0.455 e. The quantitative estimate of drug-likeness (QED) is 0.768. The third-order valence-corrected chi connectivity index (χ3v) is 2.59. The first-order valence-corrected chi connectivity index (χ1v) is 5.68. The van der Waals surface area contributed by atoms with E-state index in [1.165, 1.54) is 6.07 Å². The first-order valence-electron chi connectivity index (χ1n) is 5.14. The predicted octanol–water partition coefficient (Wildman–Crippen LogP) is 4.06. The Balaban J connectivity index is 2.29. The van der Waals surface area contributed by atoms with Gasteiger partial charge in [-0.15, -0.1) is 11.6 Å². The molecule has 0 aliphatic heterocycles. The van der Waals surface area contributed by atoms with Gasteiger partial charge >= 0.3 is 0 Å². The number of benzene rings is 1. The zero-order valence-corrected chi connectivity index (χ0v) is 10.0. The van der Waals surface area contributed by atoms with Crippen molar-refractivity contribution < 1.29 is 9.13 Å². The SMILES string of the molecule is Cc1ccc(Oc2cccc(F)c2CCl)cn1. The highest BCUT2D eigenvalue weighted by Gasteiger charge is 2.09. The monoisotopic (exact) mass is 251 g/mol. The highest BCUT2D eigenvalue weighted by atomic mass is 35.5. The standard InChI is InChI=1S/C13H11ClFNO/c1-9-5-6-10(8-16-9)17-13-4-2-3-12(15)11(13)7-14/h2-6,8H,7H2,1H3. The Morgan fingerprint density at radius 3 is 2.76 bits per heavy atom. The van der Waals surface area contributed by atoms with Gasteiger partial charge in [0.2, 0.25) is 0 Å². The second-order valence-corrected chi connectivity index (χ2v) is 3.85. The van der Waals surface area contributed by atoms with Crippen LogP contribution in [-0.2, 0) is 5.88 Å². The normalized spacial score (nSPS) is 10.3. The molecule has 0 radical (unpaired) electrons. The van der Waals surface area contributed by atoms with E-state index in [1.54, 1.807) is 24.4 Å². The number of ether oxygens (including phenoxy) is 1. The molecule has 0 bridgehead atoms. The van der Waals surface area contributed by atoms with E-state index in [4.69, 9.17) is 16.3 Å². The number of alkyl halides is 1. The van der Waals surface area contributed by atoms with Crippen LogP contribution in [0.2, 0.25) is 0 Å². The number of halogens is 2. The summed E-state index contributed by atoms with van der Waals surface area (Å²) < 4.78 is 19.0. The van der Waals surface area contributed by atoms with Gasteiger partial charge in [-0.25, -0.2) is 4.39 Å². The minimum atomic E-state index is -0.363. The van der Waals surface area contributed by atoms with E-state index in [0.717, 1.165) is 5.69 Å². The fourth-order valence-electron chi connectivity index (χ4n) is 1.41. The van der Waals surface area contributed by atoms with Gasteiger partial charge in [-0.05, 0) is 31.2 Å². The third-order valence-electron chi connectivity index (χ3n) is 2.32. The van der Waals surface area contributed by atoms with Crippen molar-refractivity contribution in [3.05, 3.63) is 53.6 Å². The molecule has 1 aromatic carbocycles. The van der Waals surface area contributed by atoms with Gasteiger partial charge in [0.25, 0.3) is 0 Å². The molecule has 1 aromatic heterocycles. The molecular weight excluding hydrogens is 241 g/mol. The van der Waals surface area contributed by atoms with Gasteiger partial charge in [-0.1, -0.05) is 6.07 Å². The maximum absolute atomic E-state index is 13.4. The third kappa shape index (κ3) is 2.74. The average Bonchev–Trinajstić information content (AvgIpc) is 2.32. The van der Waals surface area contributed by atoms with Crippen molar-refractivity contribution in [1.82, 2.24) is 4.98 Å². The summed E-state index contributed by atoms with van der Waals surface area (Å²) in [6.07, 6.45) is 1.60. The van der Waals surface area contributed by atoms with E-state index in [9.17, 15) is 4.39 Å². The molecule has 4 heteroatoms. The summed E-state index contributed by atoms with van der Waals surface area (Å²) in [6, 6.07) is 8.24. The van der Waals surface area contributed by atoms with Crippen LogP contribution in [0.4, 0.5) is 4.39 Å². The van der Waals surface area contributed by atoms with Crippen molar-refractivity contribution in [1.29, 1.82) is 0 Å². The van der Waals surface area contributed by atoms with Gasteiger partial charge in [0, 0.05) is 11.3 Å². The lowest BCUT2D eigenvalue weighted by molar-refractivity contribution is 0.468. The molecule has 0 unspecified atom stereocenters. The highest BCUT2D eigenvalue weighted by molar-refractivity contribution is 6.17. The number of hydrogen-bond donors (Lipinski definition) is 0. The Labute approximate surface area is 104 Å². The Bertz CT molecular complexity index is 513. The molecule has 1 heterocycles. The number of aromatic nitrogens is 1. The minimum Gasteiger partial charge on any atom is -0.455 e. The minimum absolute atomic E-state index is 0.0707. The van der Waals surface area contributed by atoms with E-state index < -0.39 is 0 Å². The van der Waals surface area contributed by atoms with Crippen LogP contribution in [-0.4, -0.2) is 4.98 Å². The van der Waals surface area contributed by atoms with Crippen molar-refractivity contribution in [2.45, 2.75) is 12.8 Å². The molecule has 0 amide bonds. The van der Waals surface area contributed by atoms with Crippen LogP contribution < -0.4 is 4.74 Å². The Kier molecular flexibility index (Phi) is 3.59. The number of rotatable bonds is 3. The van der Waals surface area contributed by atoms with Crippen LogP contribution in [0, 0.1) is 12.7 Å². The second kappa shape index (κ2) is 5.15. The van der Waals surface area contributed by atoms with Gasteiger partial charge in [-0.2, -0.15) is 0 Å². The maximum atomic E-state index is 13.4. The molecule has 88 valence electrons. The van der Waals surface area contributed by atoms with Crippen LogP contribution >= 0.6 is 11.6 Å². The summed E-state index contributed by atoms with van der Waals surface area (Å²) in [6.45, 7) is 1.89. The fourth-order valence-corrected chi connectivity index (χ4v) is 1.67. The van der Waals surface area contributed by atoms with Crippen molar-refractivity contribution in [2.75, 3.05) is 0 Å². The van der Waals surface area contributed by atoms with E-state index in [2.05, 4.69) is 4.98 Å². The smallest absolute Gasteiger partial charge is 0.145 e. The zero-order valence-electron chi connectivity index (χ0n) is 9.28. The fraction of sp³-hybridized carbons (Fsp3) is 0.154. The summed E-state index contributed by atoms with van der Waals surface area (Å²) in [5, 5.41) is 0. The first kappa shape index (κ1) is 11.9. The number of pyridine rings is 1. The van der Waals surface area contributed by atoms with Crippen LogP contribution in [0.3, 0.4) is 0 Å². The highest BCUT2D eigenvalue weighted by Crippen LogP contribution is 2.28. The summed E-state index contributed by atoms with van der Waals surface area (Å²) in [7, 11) is 0. The molecule has 0 aliphatic rings. The van der Waals surface area contributed by atoms with E-state index >= 15 is 0 Å². The molecule has 0 saturated heterocycles. The molecule has 2 rings (SSSR count). The lowest BCUT2D eigenvalue weighted by atomic mass is 10.2. The first-order chi connectivity index (χ1) is 8.20. The van der Waals surface area contributed by atoms with Crippen LogP contribution in [0.25, 0.3) is 0 Å². The average molecular weight is 252 g/mol. The van der Waals surface area contributed by atoms with Crippen LogP contribution in [0.5, 0.6) is 11.5 Å². The molecule has 2 nitrogen and oxygen atoms in total. The molecule has 2 aromatic rings. The summed E-state index contributed by atoms with van der Waals surface area (Å²) in [4.78, 5) is 4.10. The van der Waals surface area contributed by atoms with Crippen LogP contribution in [0.1, 0.15) is 11.3 Å². The topological polar surface area (TPSA) is 22.1 Å². The van der Waals surface area contributed by atoms with Crippen molar-refractivity contribution in [3.8, 4) is 11.5 Å². The molecular formula is C13H11ClFNO. The number of aryl methyl sites for hydroxylation is 1. The molecule has 0 spiro atoms. The Morgan fingerprint density at radius 1 is 1.29 bits per heavy atom. The molecule has 0 N–H and O–H groups in total. The van der Waals surface area contributed by atoms with Crippen molar-refractivity contribution in [3.63, 3.8) is 0 Å². The maximum Gasteiger partial charge on any atom is 0.145 e. The van der Waals surface area contributed by atoms with Crippen molar-refractivity contribution in [2.24, 2.45) is 0 Å². The number of hydrogen-bond acceptors (Lipinski definition) is 2.